The van der Waals surface area contributed by atoms with Crippen molar-refractivity contribution in [1.29, 1.82) is 0 Å². The number of halogens is 2. The van der Waals surface area contributed by atoms with Crippen LogP contribution in [0.3, 0.4) is 0 Å². The SMILES string of the molecule is COc1c(F)cc(F)cc1-c1cc2c(nn1)N(C(=O)OC(C)(C)C)C[C@H]1C[C@H](OS(C)(=O)=O)CN21. The molecule has 0 radical (unpaired) electrons. The first kappa shape index (κ1) is 25.0. The van der Waals surface area contributed by atoms with Gasteiger partial charge in [0.25, 0.3) is 10.1 Å². The normalized spacial score (nSPS) is 19.9. The Morgan fingerprint density at radius 3 is 2.49 bits per heavy atom. The Morgan fingerprint density at radius 1 is 1.14 bits per heavy atom. The van der Waals surface area contributed by atoms with E-state index in [4.69, 9.17) is 13.7 Å². The lowest BCUT2D eigenvalue weighted by Crippen LogP contribution is -2.50. The van der Waals surface area contributed by atoms with E-state index in [1.54, 1.807) is 20.8 Å². The first-order chi connectivity index (χ1) is 16.3. The van der Waals surface area contributed by atoms with E-state index in [-0.39, 0.29) is 42.0 Å². The zero-order chi connectivity index (χ0) is 25.7. The third-order valence-electron chi connectivity index (χ3n) is 5.50. The van der Waals surface area contributed by atoms with Crippen LogP contribution in [0.2, 0.25) is 0 Å². The van der Waals surface area contributed by atoms with Crippen LogP contribution in [0.5, 0.6) is 5.75 Å². The van der Waals surface area contributed by atoms with Gasteiger partial charge in [0.05, 0.1) is 49.0 Å². The molecule has 4 rings (SSSR count). The van der Waals surface area contributed by atoms with Crippen molar-refractivity contribution in [2.24, 2.45) is 0 Å². The summed E-state index contributed by atoms with van der Waals surface area (Å²) >= 11 is 0. The number of amides is 1. The monoisotopic (exact) mass is 512 g/mol. The number of carbonyl (C=O) groups excluding carboxylic acids is 1. The average Bonchev–Trinajstić information content (AvgIpc) is 3.11. The molecule has 1 aromatic carbocycles. The first-order valence-corrected chi connectivity index (χ1v) is 12.6. The second kappa shape index (κ2) is 8.86. The van der Waals surface area contributed by atoms with Gasteiger partial charge in [-0.3, -0.25) is 9.08 Å². The van der Waals surface area contributed by atoms with Crippen molar-refractivity contribution in [3.8, 4) is 17.0 Å². The van der Waals surface area contributed by atoms with Crippen LogP contribution in [0.1, 0.15) is 27.2 Å². The maximum atomic E-state index is 14.3. The van der Waals surface area contributed by atoms with Gasteiger partial charge in [0.1, 0.15) is 11.4 Å². The van der Waals surface area contributed by atoms with Crippen LogP contribution < -0.4 is 14.5 Å². The highest BCUT2D eigenvalue weighted by atomic mass is 32.2. The molecule has 3 heterocycles. The maximum absolute atomic E-state index is 14.3. The standard InChI is InChI=1S/C22H26F2N4O6S/c1-22(2,3)33-21(29)28-10-13-8-14(34-35(5,30)31)11-27(13)18-9-17(25-26-20(18)28)15-6-12(23)7-16(24)19(15)32-4/h6-7,9,13-14H,8,10-11H2,1-5H3/t13-,14+/m1/s1. The molecule has 1 aromatic heterocycles. The zero-order valence-corrected chi connectivity index (χ0v) is 20.7. The highest BCUT2D eigenvalue weighted by Gasteiger charge is 2.44. The number of ether oxygens (including phenoxy) is 2. The number of fused-ring (bicyclic) bond motifs is 3. The molecule has 1 amide bonds. The lowest BCUT2D eigenvalue weighted by Gasteiger charge is -2.39. The Hall–Kier alpha value is -3.06. The van der Waals surface area contributed by atoms with Crippen LogP contribution >= 0.6 is 0 Å². The zero-order valence-electron chi connectivity index (χ0n) is 19.9. The number of hydrogen-bond acceptors (Lipinski definition) is 9. The van der Waals surface area contributed by atoms with Crippen LogP contribution in [0.15, 0.2) is 18.2 Å². The number of nitrogens with zero attached hydrogens (tertiary/aromatic N) is 4. The summed E-state index contributed by atoms with van der Waals surface area (Å²) in [5.41, 5.74) is -0.208. The van der Waals surface area contributed by atoms with Crippen LogP contribution in [0.4, 0.5) is 25.1 Å². The maximum Gasteiger partial charge on any atom is 0.416 e. The van der Waals surface area contributed by atoms with Gasteiger partial charge in [-0.15, -0.1) is 10.2 Å². The predicted molar refractivity (Wildman–Crippen MR) is 123 cm³/mol. The number of rotatable bonds is 4. The summed E-state index contributed by atoms with van der Waals surface area (Å²) in [6, 6.07) is 2.99. The Labute approximate surface area is 201 Å². The van der Waals surface area contributed by atoms with Gasteiger partial charge in [0.2, 0.25) is 0 Å². The number of carbonyl (C=O) groups is 1. The van der Waals surface area contributed by atoms with Gasteiger partial charge in [0.15, 0.2) is 17.4 Å². The van der Waals surface area contributed by atoms with E-state index in [9.17, 15) is 22.0 Å². The van der Waals surface area contributed by atoms with E-state index >= 15 is 0 Å². The Bertz CT molecular complexity index is 1270. The molecule has 190 valence electrons. The summed E-state index contributed by atoms with van der Waals surface area (Å²) in [4.78, 5) is 16.2. The van der Waals surface area contributed by atoms with Crippen molar-refractivity contribution in [3.63, 3.8) is 0 Å². The molecule has 2 aromatic rings. The van der Waals surface area contributed by atoms with Gasteiger partial charge in [0, 0.05) is 12.6 Å². The highest BCUT2D eigenvalue weighted by Crippen LogP contribution is 2.42. The van der Waals surface area contributed by atoms with Crippen LogP contribution in [0.25, 0.3) is 11.3 Å². The fourth-order valence-corrected chi connectivity index (χ4v) is 4.94. The number of methoxy groups -OCH3 is 1. The van der Waals surface area contributed by atoms with Gasteiger partial charge in [-0.2, -0.15) is 8.42 Å². The number of aromatic nitrogens is 2. The second-order valence-corrected chi connectivity index (χ2v) is 11.1. The molecule has 0 bridgehead atoms. The van der Waals surface area contributed by atoms with Crippen molar-refractivity contribution in [2.75, 3.05) is 36.3 Å². The van der Waals surface area contributed by atoms with Gasteiger partial charge < -0.3 is 14.4 Å². The molecular formula is C22H26F2N4O6S. The van der Waals surface area contributed by atoms with Crippen LogP contribution in [-0.2, 0) is 19.0 Å². The fraction of sp³-hybridized carbons (Fsp3) is 0.500. The number of benzene rings is 1. The van der Waals surface area contributed by atoms with Gasteiger partial charge >= 0.3 is 6.09 Å². The first-order valence-electron chi connectivity index (χ1n) is 10.8. The predicted octanol–water partition coefficient (Wildman–Crippen LogP) is 3.11. The van der Waals surface area contributed by atoms with Crippen LogP contribution in [-0.4, -0.2) is 68.9 Å². The number of anilines is 2. The van der Waals surface area contributed by atoms with Gasteiger partial charge in [-0.1, -0.05) is 0 Å². The Morgan fingerprint density at radius 2 is 1.86 bits per heavy atom. The fourth-order valence-electron chi connectivity index (χ4n) is 4.30. The summed E-state index contributed by atoms with van der Waals surface area (Å²) in [5.74, 6) is -1.77. The molecule has 0 aliphatic carbocycles. The second-order valence-electron chi connectivity index (χ2n) is 9.46. The minimum atomic E-state index is -3.71. The molecule has 2 atom stereocenters. The Balaban J connectivity index is 1.80. The molecule has 0 N–H and O–H groups in total. The topological polar surface area (TPSA) is 111 Å². The van der Waals surface area contributed by atoms with Crippen LogP contribution in [0, 0.1) is 11.6 Å². The molecule has 2 aliphatic heterocycles. The van der Waals surface area contributed by atoms with Crippen molar-refractivity contribution in [2.45, 2.75) is 44.9 Å². The van der Waals surface area contributed by atoms with Crippen molar-refractivity contribution >= 4 is 27.7 Å². The molecule has 1 fully saturated rings. The lowest BCUT2D eigenvalue weighted by molar-refractivity contribution is 0.0574. The molecule has 2 aliphatic rings. The highest BCUT2D eigenvalue weighted by molar-refractivity contribution is 7.86. The number of hydrogen-bond donors (Lipinski definition) is 0. The summed E-state index contributed by atoms with van der Waals surface area (Å²) in [7, 11) is -2.46. The van der Waals surface area contributed by atoms with E-state index in [0.29, 0.717) is 18.2 Å². The van der Waals surface area contributed by atoms with Crippen molar-refractivity contribution in [1.82, 2.24) is 10.2 Å². The quantitative estimate of drug-likeness (QED) is 0.571. The summed E-state index contributed by atoms with van der Waals surface area (Å²) in [5, 5.41) is 8.31. The smallest absolute Gasteiger partial charge is 0.416 e. The van der Waals surface area contributed by atoms with Gasteiger partial charge in [-0.25, -0.2) is 13.6 Å². The molecule has 10 nitrogen and oxygen atoms in total. The molecular weight excluding hydrogens is 486 g/mol. The largest absolute Gasteiger partial charge is 0.493 e. The summed E-state index contributed by atoms with van der Waals surface area (Å²) in [6.07, 6.45) is -0.0115. The van der Waals surface area contributed by atoms with E-state index < -0.39 is 39.6 Å². The minimum Gasteiger partial charge on any atom is -0.493 e. The molecule has 0 unspecified atom stereocenters. The molecule has 0 spiro atoms. The Kier molecular flexibility index (Phi) is 6.34. The summed E-state index contributed by atoms with van der Waals surface area (Å²) in [6.45, 7) is 5.55. The van der Waals surface area contributed by atoms with Gasteiger partial charge in [-0.05, 0) is 39.3 Å². The minimum absolute atomic E-state index is 0.0365. The van der Waals surface area contributed by atoms with E-state index in [0.717, 1.165) is 12.3 Å². The third kappa shape index (κ3) is 5.30. The van der Waals surface area contributed by atoms with E-state index in [2.05, 4.69) is 10.2 Å². The molecule has 0 saturated carbocycles. The summed E-state index contributed by atoms with van der Waals surface area (Å²) < 4.78 is 67.6. The molecule has 13 heteroatoms. The average molecular weight is 513 g/mol. The molecule has 35 heavy (non-hydrogen) atoms. The van der Waals surface area contributed by atoms with E-state index in [1.165, 1.54) is 18.1 Å². The van der Waals surface area contributed by atoms with Crippen molar-refractivity contribution < 1.29 is 35.6 Å². The lowest BCUT2D eigenvalue weighted by atomic mass is 10.1. The third-order valence-corrected chi connectivity index (χ3v) is 6.12. The van der Waals surface area contributed by atoms with Crippen molar-refractivity contribution in [3.05, 3.63) is 29.8 Å². The molecule has 1 saturated heterocycles. The van der Waals surface area contributed by atoms with E-state index in [1.807, 2.05) is 4.90 Å².